The van der Waals surface area contributed by atoms with Crippen LogP contribution < -0.4 is 5.73 Å². The number of carbonyl (C=O) groups is 1. The van der Waals surface area contributed by atoms with Crippen molar-refractivity contribution < 1.29 is 14.3 Å². The van der Waals surface area contributed by atoms with Crippen molar-refractivity contribution in [3.63, 3.8) is 0 Å². The molecule has 3 N–H and O–H groups in total. The predicted molar refractivity (Wildman–Crippen MR) is 64.7 cm³/mol. The minimum Gasteiger partial charge on any atom is -0.480 e. The highest BCUT2D eigenvalue weighted by Crippen LogP contribution is 2.30. The van der Waals surface area contributed by atoms with Crippen LogP contribution in [0.15, 0.2) is 4.42 Å². The molecule has 1 rings (SSSR count). The minimum atomic E-state index is -1.01. The van der Waals surface area contributed by atoms with E-state index in [0.29, 0.717) is 24.0 Å². The molecular weight excluding hydrogens is 242 g/mol. The standard InChI is InChI=1S/C10H17N3O3S/c1-4-6-12-13-7(16-6)5-17-10(2,3)8(11)9(14)15/h8H,4-5,11H2,1-3H3,(H,14,15)/t8-/m0/s1. The van der Waals surface area contributed by atoms with Gasteiger partial charge in [0.05, 0.1) is 5.75 Å². The summed E-state index contributed by atoms with van der Waals surface area (Å²) in [5.41, 5.74) is 5.60. The van der Waals surface area contributed by atoms with Gasteiger partial charge in [0.2, 0.25) is 11.8 Å². The van der Waals surface area contributed by atoms with Crippen LogP contribution in [0.4, 0.5) is 0 Å². The Hall–Kier alpha value is -1.08. The second kappa shape index (κ2) is 5.50. The molecule has 0 amide bonds. The number of carboxylic acid groups (broad SMARTS) is 1. The molecular formula is C10H17N3O3S. The van der Waals surface area contributed by atoms with Crippen molar-refractivity contribution in [3.8, 4) is 0 Å². The second-order valence-electron chi connectivity index (χ2n) is 4.15. The van der Waals surface area contributed by atoms with E-state index in [2.05, 4.69) is 10.2 Å². The van der Waals surface area contributed by atoms with Crippen LogP contribution in [0.3, 0.4) is 0 Å². The van der Waals surface area contributed by atoms with Gasteiger partial charge < -0.3 is 15.3 Å². The van der Waals surface area contributed by atoms with Crippen molar-refractivity contribution in [1.29, 1.82) is 0 Å². The molecule has 0 bridgehead atoms. The zero-order valence-electron chi connectivity index (χ0n) is 10.1. The molecule has 0 fully saturated rings. The summed E-state index contributed by atoms with van der Waals surface area (Å²) < 4.78 is 4.75. The molecule has 0 aliphatic carbocycles. The maximum Gasteiger partial charge on any atom is 0.321 e. The summed E-state index contributed by atoms with van der Waals surface area (Å²) in [6.45, 7) is 5.50. The number of nitrogens with two attached hydrogens (primary N) is 1. The number of thioether (sulfide) groups is 1. The average Bonchev–Trinajstić information content (AvgIpc) is 2.73. The number of aromatic nitrogens is 2. The maximum absolute atomic E-state index is 10.8. The molecule has 7 heteroatoms. The summed E-state index contributed by atoms with van der Waals surface area (Å²) >= 11 is 1.39. The minimum absolute atomic E-state index is 0.459. The SMILES string of the molecule is CCc1nnc(CSC(C)(C)[C@@H](N)C(=O)O)o1. The van der Waals surface area contributed by atoms with Crippen LogP contribution in [0.2, 0.25) is 0 Å². The Morgan fingerprint density at radius 2 is 2.12 bits per heavy atom. The third-order valence-corrected chi connectivity index (χ3v) is 3.78. The first-order chi connectivity index (χ1) is 7.86. The molecule has 0 saturated carbocycles. The van der Waals surface area contributed by atoms with E-state index in [4.69, 9.17) is 15.3 Å². The second-order valence-corrected chi connectivity index (χ2v) is 5.78. The summed E-state index contributed by atoms with van der Waals surface area (Å²) in [4.78, 5) is 10.8. The monoisotopic (exact) mass is 259 g/mol. The first-order valence-corrected chi connectivity index (χ1v) is 6.29. The van der Waals surface area contributed by atoms with E-state index in [-0.39, 0.29) is 0 Å². The van der Waals surface area contributed by atoms with Crippen LogP contribution in [-0.4, -0.2) is 32.1 Å². The number of aliphatic carboxylic acids is 1. The van der Waals surface area contributed by atoms with Gasteiger partial charge in [-0.25, -0.2) is 0 Å². The van der Waals surface area contributed by atoms with E-state index in [1.807, 2.05) is 6.92 Å². The summed E-state index contributed by atoms with van der Waals surface area (Å²) in [6.07, 6.45) is 0.690. The highest BCUT2D eigenvalue weighted by atomic mass is 32.2. The molecule has 0 unspecified atom stereocenters. The quantitative estimate of drug-likeness (QED) is 0.787. The number of rotatable bonds is 6. The number of aryl methyl sites for hydroxylation is 1. The van der Waals surface area contributed by atoms with Gasteiger partial charge in [-0.3, -0.25) is 4.79 Å². The van der Waals surface area contributed by atoms with Gasteiger partial charge in [-0.15, -0.1) is 22.0 Å². The van der Waals surface area contributed by atoms with E-state index in [9.17, 15) is 4.79 Å². The van der Waals surface area contributed by atoms with Gasteiger partial charge in [-0.05, 0) is 13.8 Å². The Labute approximate surface area is 104 Å². The van der Waals surface area contributed by atoms with E-state index in [1.54, 1.807) is 13.8 Å². The molecule has 96 valence electrons. The third kappa shape index (κ3) is 3.71. The molecule has 0 aliphatic heterocycles. The van der Waals surface area contributed by atoms with Crippen LogP contribution in [0, 0.1) is 0 Å². The number of carboxylic acids is 1. The summed E-state index contributed by atoms with van der Waals surface area (Å²) in [6, 6.07) is -0.930. The van der Waals surface area contributed by atoms with E-state index in [0.717, 1.165) is 0 Å². The lowest BCUT2D eigenvalue weighted by molar-refractivity contribution is -0.139. The fourth-order valence-corrected chi connectivity index (χ4v) is 2.02. The largest absolute Gasteiger partial charge is 0.480 e. The van der Waals surface area contributed by atoms with Crippen LogP contribution in [0.1, 0.15) is 32.6 Å². The molecule has 0 aromatic carbocycles. The number of hydrogen-bond acceptors (Lipinski definition) is 6. The first kappa shape index (κ1) is 14.0. The smallest absolute Gasteiger partial charge is 0.321 e. The molecule has 1 aromatic heterocycles. The normalized spacial score (nSPS) is 13.6. The zero-order chi connectivity index (χ0) is 13.1. The third-order valence-electron chi connectivity index (χ3n) is 2.39. The van der Waals surface area contributed by atoms with Gasteiger partial charge in [0.25, 0.3) is 0 Å². The first-order valence-electron chi connectivity index (χ1n) is 5.30. The summed E-state index contributed by atoms with van der Waals surface area (Å²) in [7, 11) is 0. The fourth-order valence-electron chi connectivity index (χ4n) is 1.12. The number of hydrogen-bond donors (Lipinski definition) is 2. The van der Waals surface area contributed by atoms with Gasteiger partial charge in [0, 0.05) is 11.2 Å². The lowest BCUT2D eigenvalue weighted by atomic mass is 10.1. The molecule has 6 nitrogen and oxygen atoms in total. The van der Waals surface area contributed by atoms with Crippen LogP contribution in [-0.2, 0) is 17.0 Å². The molecule has 0 aliphatic rings. The summed E-state index contributed by atoms with van der Waals surface area (Å²) in [5.74, 6) is 0.529. The van der Waals surface area contributed by atoms with Crippen LogP contribution in [0.25, 0.3) is 0 Å². The number of nitrogens with zero attached hydrogens (tertiary/aromatic N) is 2. The maximum atomic E-state index is 10.8. The predicted octanol–water partition coefficient (Wildman–Crippen LogP) is 1.06. The molecule has 1 atom stereocenters. The van der Waals surface area contributed by atoms with Crippen molar-refractivity contribution in [3.05, 3.63) is 11.8 Å². The Morgan fingerprint density at radius 3 is 2.59 bits per heavy atom. The Balaban J connectivity index is 2.57. The summed E-state index contributed by atoms with van der Waals surface area (Å²) in [5, 5.41) is 16.6. The average molecular weight is 259 g/mol. The van der Waals surface area contributed by atoms with Crippen molar-refractivity contribution in [2.75, 3.05) is 0 Å². The Bertz CT molecular complexity index is 392. The lowest BCUT2D eigenvalue weighted by Crippen LogP contribution is -2.46. The molecule has 0 saturated heterocycles. The fraction of sp³-hybridized carbons (Fsp3) is 0.700. The Morgan fingerprint density at radius 1 is 1.53 bits per heavy atom. The zero-order valence-corrected chi connectivity index (χ0v) is 11.0. The molecule has 1 aromatic rings. The van der Waals surface area contributed by atoms with Crippen molar-refractivity contribution in [2.24, 2.45) is 5.73 Å². The Kier molecular flexibility index (Phi) is 4.53. The topological polar surface area (TPSA) is 102 Å². The highest BCUT2D eigenvalue weighted by Gasteiger charge is 2.33. The van der Waals surface area contributed by atoms with E-state index < -0.39 is 16.8 Å². The molecule has 0 spiro atoms. The van der Waals surface area contributed by atoms with Gasteiger partial charge in [0.1, 0.15) is 6.04 Å². The van der Waals surface area contributed by atoms with Crippen molar-refractivity contribution >= 4 is 17.7 Å². The van der Waals surface area contributed by atoms with Crippen molar-refractivity contribution in [2.45, 2.75) is 43.7 Å². The van der Waals surface area contributed by atoms with Gasteiger partial charge in [-0.1, -0.05) is 6.92 Å². The molecule has 0 radical (unpaired) electrons. The lowest BCUT2D eigenvalue weighted by Gasteiger charge is -2.27. The van der Waals surface area contributed by atoms with Gasteiger partial charge >= 0.3 is 5.97 Å². The van der Waals surface area contributed by atoms with E-state index >= 15 is 0 Å². The van der Waals surface area contributed by atoms with Gasteiger partial charge in [0.15, 0.2) is 0 Å². The highest BCUT2D eigenvalue weighted by molar-refractivity contribution is 7.99. The van der Waals surface area contributed by atoms with Crippen molar-refractivity contribution in [1.82, 2.24) is 10.2 Å². The van der Waals surface area contributed by atoms with E-state index in [1.165, 1.54) is 11.8 Å². The van der Waals surface area contributed by atoms with Crippen LogP contribution >= 0.6 is 11.8 Å². The van der Waals surface area contributed by atoms with Gasteiger partial charge in [-0.2, -0.15) is 0 Å². The van der Waals surface area contributed by atoms with Crippen LogP contribution in [0.5, 0.6) is 0 Å². The molecule has 1 heterocycles. The molecule has 17 heavy (non-hydrogen) atoms.